The molecule has 9 heteroatoms. The number of amides is 2. The van der Waals surface area contributed by atoms with Crippen LogP contribution < -0.4 is 16.0 Å². The van der Waals surface area contributed by atoms with Gasteiger partial charge < -0.3 is 16.0 Å². The standard InChI is InChI=1S/C15H18F3N3O2.ClH/c1-9(22)20-12-3-2-11(15(16,17)18)8-13(12)21-14(23)10-4-6-19-7-5-10;/h2-3,8,10,19H,4-7H2,1H3,(H,20,22)(H,21,23);1H. The number of alkyl halides is 3. The van der Waals surface area contributed by atoms with Gasteiger partial charge in [-0.25, -0.2) is 0 Å². The number of piperidine rings is 1. The van der Waals surface area contributed by atoms with Crippen LogP contribution in [0.25, 0.3) is 0 Å². The summed E-state index contributed by atoms with van der Waals surface area (Å²) in [7, 11) is 0. The topological polar surface area (TPSA) is 70.2 Å². The van der Waals surface area contributed by atoms with E-state index in [0.29, 0.717) is 25.9 Å². The number of carbonyl (C=O) groups is 2. The van der Waals surface area contributed by atoms with Crippen LogP contribution in [0.5, 0.6) is 0 Å². The molecule has 0 aromatic heterocycles. The lowest BCUT2D eigenvalue weighted by molar-refractivity contribution is -0.137. The molecule has 1 aliphatic heterocycles. The lowest BCUT2D eigenvalue weighted by Gasteiger charge is -2.23. The molecule has 0 spiro atoms. The maximum absolute atomic E-state index is 12.8. The number of hydrogen-bond acceptors (Lipinski definition) is 3. The summed E-state index contributed by atoms with van der Waals surface area (Å²) < 4.78 is 38.5. The predicted molar refractivity (Wildman–Crippen MR) is 87.2 cm³/mol. The van der Waals surface area contributed by atoms with Crippen LogP contribution >= 0.6 is 12.4 Å². The van der Waals surface area contributed by atoms with Crippen molar-refractivity contribution in [2.75, 3.05) is 23.7 Å². The van der Waals surface area contributed by atoms with Gasteiger partial charge in [0.2, 0.25) is 11.8 Å². The monoisotopic (exact) mass is 365 g/mol. The minimum atomic E-state index is -4.52. The van der Waals surface area contributed by atoms with Crippen LogP contribution in [-0.2, 0) is 15.8 Å². The smallest absolute Gasteiger partial charge is 0.325 e. The van der Waals surface area contributed by atoms with Crippen LogP contribution in [0.15, 0.2) is 18.2 Å². The summed E-state index contributed by atoms with van der Waals surface area (Å²) in [5.41, 5.74) is -0.779. The molecule has 0 bridgehead atoms. The van der Waals surface area contributed by atoms with Crippen molar-refractivity contribution >= 4 is 35.6 Å². The van der Waals surface area contributed by atoms with E-state index in [-0.39, 0.29) is 35.6 Å². The molecule has 0 unspecified atom stereocenters. The molecule has 1 aliphatic rings. The van der Waals surface area contributed by atoms with Gasteiger partial charge >= 0.3 is 6.18 Å². The third-order valence-electron chi connectivity index (χ3n) is 3.63. The minimum Gasteiger partial charge on any atom is -0.325 e. The number of anilines is 2. The van der Waals surface area contributed by atoms with E-state index in [1.54, 1.807) is 0 Å². The Morgan fingerprint density at radius 2 is 1.75 bits per heavy atom. The molecule has 3 N–H and O–H groups in total. The SMILES string of the molecule is CC(=O)Nc1ccc(C(F)(F)F)cc1NC(=O)C1CCNCC1.Cl. The molecule has 0 aliphatic carbocycles. The van der Waals surface area contributed by atoms with Crippen molar-refractivity contribution in [2.45, 2.75) is 25.9 Å². The van der Waals surface area contributed by atoms with Gasteiger partial charge in [-0.2, -0.15) is 13.2 Å². The van der Waals surface area contributed by atoms with E-state index in [1.165, 1.54) is 6.92 Å². The Morgan fingerprint density at radius 3 is 2.29 bits per heavy atom. The van der Waals surface area contributed by atoms with E-state index in [2.05, 4.69) is 16.0 Å². The van der Waals surface area contributed by atoms with Gasteiger partial charge in [-0.1, -0.05) is 0 Å². The molecule has 1 aromatic carbocycles. The van der Waals surface area contributed by atoms with Crippen LogP contribution in [-0.4, -0.2) is 24.9 Å². The maximum atomic E-state index is 12.8. The summed E-state index contributed by atoms with van der Waals surface area (Å²) in [5.74, 6) is -1.02. The lowest BCUT2D eigenvalue weighted by atomic mass is 9.97. The molecule has 134 valence electrons. The zero-order valence-corrected chi connectivity index (χ0v) is 13.8. The van der Waals surface area contributed by atoms with Gasteiger partial charge in [0, 0.05) is 12.8 Å². The molecule has 1 heterocycles. The second-order valence-corrected chi connectivity index (χ2v) is 5.45. The average molecular weight is 366 g/mol. The van der Waals surface area contributed by atoms with E-state index in [0.717, 1.165) is 18.2 Å². The van der Waals surface area contributed by atoms with E-state index in [4.69, 9.17) is 0 Å². The van der Waals surface area contributed by atoms with E-state index < -0.39 is 17.6 Å². The number of nitrogens with one attached hydrogen (secondary N) is 3. The van der Waals surface area contributed by atoms with Crippen molar-refractivity contribution < 1.29 is 22.8 Å². The normalized spacial score (nSPS) is 15.3. The maximum Gasteiger partial charge on any atom is 0.416 e. The van der Waals surface area contributed by atoms with Crippen LogP contribution in [0.1, 0.15) is 25.3 Å². The molecule has 2 amide bonds. The van der Waals surface area contributed by atoms with Crippen molar-refractivity contribution in [3.05, 3.63) is 23.8 Å². The van der Waals surface area contributed by atoms with E-state index in [9.17, 15) is 22.8 Å². The molecule has 1 saturated heterocycles. The van der Waals surface area contributed by atoms with Gasteiger partial charge in [-0.05, 0) is 44.1 Å². The molecule has 0 atom stereocenters. The Morgan fingerprint density at radius 1 is 1.12 bits per heavy atom. The van der Waals surface area contributed by atoms with Gasteiger partial charge in [-0.15, -0.1) is 12.4 Å². The predicted octanol–water partition coefficient (Wildman–Crippen LogP) is 3.02. The summed E-state index contributed by atoms with van der Waals surface area (Å²) >= 11 is 0. The van der Waals surface area contributed by atoms with Crippen molar-refractivity contribution in [3.8, 4) is 0 Å². The first-order valence-corrected chi connectivity index (χ1v) is 7.28. The first kappa shape index (κ1) is 20.2. The number of benzene rings is 1. The lowest BCUT2D eigenvalue weighted by Crippen LogP contribution is -2.34. The van der Waals surface area contributed by atoms with E-state index in [1.807, 2.05) is 0 Å². The third-order valence-corrected chi connectivity index (χ3v) is 3.63. The second-order valence-electron chi connectivity index (χ2n) is 5.45. The molecule has 0 radical (unpaired) electrons. The van der Waals surface area contributed by atoms with Crippen LogP contribution in [0.3, 0.4) is 0 Å². The average Bonchev–Trinajstić information content (AvgIpc) is 2.48. The number of rotatable bonds is 3. The molecule has 24 heavy (non-hydrogen) atoms. The first-order valence-electron chi connectivity index (χ1n) is 7.28. The largest absolute Gasteiger partial charge is 0.416 e. The summed E-state index contributed by atoms with van der Waals surface area (Å²) in [5, 5.41) is 8.06. The van der Waals surface area contributed by atoms with Crippen molar-refractivity contribution in [1.82, 2.24) is 5.32 Å². The number of carbonyl (C=O) groups excluding carboxylic acids is 2. The fourth-order valence-electron chi connectivity index (χ4n) is 2.44. The van der Waals surface area contributed by atoms with Crippen LogP contribution in [0, 0.1) is 5.92 Å². The molecule has 0 saturated carbocycles. The minimum absolute atomic E-state index is 0. The molecule has 2 rings (SSSR count). The molecule has 1 fully saturated rings. The second kappa shape index (κ2) is 8.34. The Balaban J connectivity index is 0.00000288. The molecule has 5 nitrogen and oxygen atoms in total. The van der Waals surface area contributed by atoms with Gasteiger partial charge in [0.15, 0.2) is 0 Å². The van der Waals surface area contributed by atoms with Crippen LogP contribution in [0.4, 0.5) is 24.5 Å². The van der Waals surface area contributed by atoms with Gasteiger partial charge in [0.05, 0.1) is 16.9 Å². The third kappa shape index (κ3) is 5.38. The highest BCUT2D eigenvalue weighted by molar-refractivity contribution is 5.99. The Hall–Kier alpha value is -1.80. The highest BCUT2D eigenvalue weighted by Gasteiger charge is 2.31. The Bertz CT molecular complexity index is 602. The van der Waals surface area contributed by atoms with E-state index >= 15 is 0 Å². The quantitative estimate of drug-likeness (QED) is 0.771. The van der Waals surface area contributed by atoms with Gasteiger partial charge in [0.1, 0.15) is 0 Å². The number of halogens is 4. The van der Waals surface area contributed by atoms with Gasteiger partial charge in [0.25, 0.3) is 0 Å². The molecule has 1 aromatic rings. The summed E-state index contributed by atoms with van der Waals surface area (Å²) in [6.07, 6.45) is -3.27. The summed E-state index contributed by atoms with van der Waals surface area (Å²) in [4.78, 5) is 23.4. The number of hydrogen-bond donors (Lipinski definition) is 3. The van der Waals surface area contributed by atoms with Crippen molar-refractivity contribution in [2.24, 2.45) is 5.92 Å². The zero-order chi connectivity index (χ0) is 17.0. The first-order chi connectivity index (χ1) is 10.8. The van der Waals surface area contributed by atoms with Gasteiger partial charge in [-0.3, -0.25) is 9.59 Å². The Kier molecular flexibility index (Phi) is 7.04. The fourth-order valence-corrected chi connectivity index (χ4v) is 2.44. The molecular weight excluding hydrogens is 347 g/mol. The summed E-state index contributed by atoms with van der Waals surface area (Å²) in [6, 6.07) is 2.85. The van der Waals surface area contributed by atoms with Crippen LogP contribution in [0.2, 0.25) is 0 Å². The highest BCUT2D eigenvalue weighted by Crippen LogP contribution is 2.34. The Labute approximate surface area is 143 Å². The fraction of sp³-hybridized carbons (Fsp3) is 0.467. The summed E-state index contributed by atoms with van der Waals surface area (Å²) in [6.45, 7) is 2.63. The highest BCUT2D eigenvalue weighted by atomic mass is 35.5. The molecular formula is C15H19ClF3N3O2. The van der Waals surface area contributed by atoms with Crippen molar-refractivity contribution in [3.63, 3.8) is 0 Å². The zero-order valence-electron chi connectivity index (χ0n) is 13.0. The van der Waals surface area contributed by atoms with Crippen molar-refractivity contribution in [1.29, 1.82) is 0 Å².